The van der Waals surface area contributed by atoms with E-state index in [0.717, 1.165) is 23.4 Å². The lowest BCUT2D eigenvalue weighted by Gasteiger charge is -2.36. The molecule has 144 valence electrons. The zero-order valence-corrected chi connectivity index (χ0v) is 16.3. The third-order valence-corrected chi connectivity index (χ3v) is 5.65. The Morgan fingerprint density at radius 2 is 2.04 bits per heavy atom. The van der Waals surface area contributed by atoms with Gasteiger partial charge in [0.1, 0.15) is 0 Å². The Morgan fingerprint density at radius 3 is 2.77 bits per heavy atom. The van der Waals surface area contributed by atoms with E-state index in [-0.39, 0.29) is 23.8 Å². The third kappa shape index (κ3) is 4.50. The summed E-state index contributed by atoms with van der Waals surface area (Å²) >= 11 is 1.32. The van der Waals surface area contributed by atoms with E-state index in [1.165, 1.54) is 11.5 Å². The van der Waals surface area contributed by atoms with Crippen LogP contribution in [0.1, 0.15) is 43.2 Å². The molecule has 3 heterocycles. The highest BCUT2D eigenvalue weighted by molar-refractivity contribution is 7.05. The summed E-state index contributed by atoms with van der Waals surface area (Å²) in [6, 6.07) is -0.118. The Balaban J connectivity index is 1.52. The van der Waals surface area contributed by atoms with Crippen LogP contribution in [0.5, 0.6) is 0 Å². The number of amides is 3. The molecule has 2 aliphatic heterocycles. The number of piperidine rings is 1. The molecule has 0 saturated carbocycles. The number of nitrogens with one attached hydrogen (secondary N) is 1. The van der Waals surface area contributed by atoms with Crippen molar-refractivity contribution in [2.45, 2.75) is 39.2 Å². The maximum atomic E-state index is 12.7. The minimum atomic E-state index is -0.118. The van der Waals surface area contributed by atoms with E-state index in [2.05, 4.69) is 28.8 Å². The molecule has 3 rings (SSSR count). The number of carbonyl (C=O) groups excluding carboxylic acids is 2. The molecule has 2 saturated heterocycles. The molecular weight excluding hydrogens is 354 g/mol. The van der Waals surface area contributed by atoms with E-state index in [1.807, 2.05) is 4.90 Å². The average Bonchev–Trinajstić information content (AvgIpc) is 3.15. The molecule has 9 heteroatoms. The summed E-state index contributed by atoms with van der Waals surface area (Å²) in [5.74, 6) is 0.328. The van der Waals surface area contributed by atoms with E-state index in [1.54, 1.807) is 4.90 Å². The normalized spacial score (nSPS) is 21.1. The van der Waals surface area contributed by atoms with Gasteiger partial charge in [-0.15, -0.1) is 5.10 Å². The van der Waals surface area contributed by atoms with Crippen LogP contribution in [0, 0.1) is 5.92 Å². The first-order chi connectivity index (χ1) is 12.6. The SMILES string of the molecule is CC(C)c1nnsc1CNC(=O)N1CCC[C@@H](C(=O)N2CCOCC2)C1. The van der Waals surface area contributed by atoms with Crippen molar-refractivity contribution in [3.8, 4) is 0 Å². The second-order valence-corrected chi connectivity index (χ2v) is 7.96. The van der Waals surface area contributed by atoms with Gasteiger partial charge in [0.25, 0.3) is 0 Å². The van der Waals surface area contributed by atoms with Gasteiger partial charge in [-0.25, -0.2) is 4.79 Å². The number of urea groups is 1. The van der Waals surface area contributed by atoms with Crippen LogP contribution in [0.15, 0.2) is 0 Å². The number of aromatic nitrogens is 2. The summed E-state index contributed by atoms with van der Waals surface area (Å²) in [6.45, 7) is 8.24. The second-order valence-electron chi connectivity index (χ2n) is 7.12. The largest absolute Gasteiger partial charge is 0.378 e. The van der Waals surface area contributed by atoms with Gasteiger partial charge in [-0.05, 0) is 30.3 Å². The minimum Gasteiger partial charge on any atom is -0.378 e. The maximum absolute atomic E-state index is 12.7. The van der Waals surface area contributed by atoms with Gasteiger partial charge < -0.3 is 19.9 Å². The number of hydrogen-bond donors (Lipinski definition) is 1. The molecule has 0 aromatic carbocycles. The molecular formula is C17H27N5O3S. The van der Waals surface area contributed by atoms with Crippen molar-refractivity contribution in [2.75, 3.05) is 39.4 Å². The number of nitrogens with zero attached hydrogens (tertiary/aromatic N) is 4. The standard InChI is InChI=1S/C17H27N5O3S/c1-12(2)15-14(26-20-19-15)10-18-17(24)22-5-3-4-13(11-22)16(23)21-6-8-25-9-7-21/h12-13H,3-11H2,1-2H3,(H,18,24)/t13-/m1/s1. The highest BCUT2D eigenvalue weighted by Crippen LogP contribution is 2.21. The van der Waals surface area contributed by atoms with Crippen molar-refractivity contribution in [1.29, 1.82) is 0 Å². The first-order valence-corrected chi connectivity index (χ1v) is 10.0. The monoisotopic (exact) mass is 381 g/mol. The molecule has 1 aromatic heterocycles. The van der Waals surface area contributed by atoms with Gasteiger partial charge in [-0.2, -0.15) is 0 Å². The van der Waals surface area contributed by atoms with E-state index in [9.17, 15) is 9.59 Å². The summed E-state index contributed by atoms with van der Waals surface area (Å²) in [5.41, 5.74) is 0.939. The van der Waals surface area contributed by atoms with Gasteiger partial charge >= 0.3 is 6.03 Å². The van der Waals surface area contributed by atoms with Crippen molar-refractivity contribution in [2.24, 2.45) is 5.92 Å². The lowest BCUT2D eigenvalue weighted by atomic mass is 9.96. The lowest BCUT2D eigenvalue weighted by Crippen LogP contribution is -2.51. The summed E-state index contributed by atoms with van der Waals surface area (Å²) in [4.78, 5) is 29.9. The average molecular weight is 382 g/mol. The van der Waals surface area contributed by atoms with Gasteiger partial charge in [0.2, 0.25) is 5.91 Å². The molecule has 0 radical (unpaired) electrons. The molecule has 1 N–H and O–H groups in total. The smallest absolute Gasteiger partial charge is 0.317 e. The number of carbonyl (C=O) groups is 2. The van der Waals surface area contributed by atoms with E-state index in [0.29, 0.717) is 45.9 Å². The summed E-state index contributed by atoms with van der Waals surface area (Å²) in [6.07, 6.45) is 1.70. The number of likely N-dealkylation sites (tertiary alicyclic amines) is 1. The number of morpholine rings is 1. The van der Waals surface area contributed by atoms with E-state index >= 15 is 0 Å². The van der Waals surface area contributed by atoms with E-state index < -0.39 is 0 Å². The third-order valence-electron chi connectivity index (χ3n) is 4.91. The van der Waals surface area contributed by atoms with Crippen LogP contribution in [-0.2, 0) is 16.1 Å². The Hall–Kier alpha value is -1.74. The van der Waals surface area contributed by atoms with Crippen molar-refractivity contribution >= 4 is 23.5 Å². The predicted octanol–water partition coefficient (Wildman–Crippen LogP) is 1.44. The molecule has 0 bridgehead atoms. The minimum absolute atomic E-state index is 0.108. The predicted molar refractivity (Wildman–Crippen MR) is 97.9 cm³/mol. The molecule has 0 spiro atoms. The van der Waals surface area contributed by atoms with Gasteiger partial charge in [-0.1, -0.05) is 18.3 Å². The van der Waals surface area contributed by atoms with Crippen LogP contribution in [-0.4, -0.2) is 70.7 Å². The Kier molecular flexibility index (Phi) is 6.42. The first-order valence-electron chi connectivity index (χ1n) is 9.26. The fourth-order valence-electron chi connectivity index (χ4n) is 3.45. The van der Waals surface area contributed by atoms with Crippen molar-refractivity contribution in [3.63, 3.8) is 0 Å². The molecule has 26 heavy (non-hydrogen) atoms. The zero-order valence-electron chi connectivity index (χ0n) is 15.4. The summed E-state index contributed by atoms with van der Waals surface area (Å²) in [5, 5.41) is 7.10. The van der Waals surface area contributed by atoms with Crippen molar-refractivity contribution < 1.29 is 14.3 Å². The number of ether oxygens (including phenoxy) is 1. The molecule has 1 aromatic rings. The fourth-order valence-corrected chi connectivity index (χ4v) is 4.18. The first kappa shape index (κ1) is 19.0. The molecule has 3 amide bonds. The topological polar surface area (TPSA) is 87.7 Å². The Labute approximate surface area is 158 Å². The van der Waals surface area contributed by atoms with Gasteiger partial charge in [-0.3, -0.25) is 4.79 Å². The molecule has 2 aliphatic rings. The summed E-state index contributed by atoms with van der Waals surface area (Å²) in [7, 11) is 0. The molecule has 0 aliphatic carbocycles. The summed E-state index contributed by atoms with van der Waals surface area (Å²) < 4.78 is 9.30. The van der Waals surface area contributed by atoms with Crippen molar-refractivity contribution in [3.05, 3.63) is 10.6 Å². The molecule has 8 nitrogen and oxygen atoms in total. The zero-order chi connectivity index (χ0) is 18.5. The molecule has 1 atom stereocenters. The van der Waals surface area contributed by atoms with E-state index in [4.69, 9.17) is 4.74 Å². The van der Waals surface area contributed by atoms with Crippen molar-refractivity contribution in [1.82, 2.24) is 24.7 Å². The molecule has 2 fully saturated rings. The van der Waals surface area contributed by atoms with Crippen LogP contribution < -0.4 is 5.32 Å². The van der Waals surface area contributed by atoms with Gasteiger partial charge in [0, 0.05) is 26.2 Å². The van der Waals surface area contributed by atoms with Crippen LogP contribution in [0.4, 0.5) is 4.79 Å². The van der Waals surface area contributed by atoms with Crippen LogP contribution >= 0.6 is 11.5 Å². The lowest BCUT2D eigenvalue weighted by molar-refractivity contribution is -0.141. The number of rotatable bonds is 4. The highest BCUT2D eigenvalue weighted by Gasteiger charge is 2.31. The number of hydrogen-bond acceptors (Lipinski definition) is 6. The highest BCUT2D eigenvalue weighted by atomic mass is 32.1. The Morgan fingerprint density at radius 1 is 1.27 bits per heavy atom. The van der Waals surface area contributed by atoms with Gasteiger partial charge in [0.15, 0.2) is 0 Å². The second kappa shape index (κ2) is 8.77. The Bertz CT molecular complexity index is 630. The molecule has 0 unspecified atom stereocenters. The van der Waals surface area contributed by atoms with Gasteiger partial charge in [0.05, 0.1) is 36.2 Å². The van der Waals surface area contributed by atoms with Crippen LogP contribution in [0.3, 0.4) is 0 Å². The quantitative estimate of drug-likeness (QED) is 0.853. The maximum Gasteiger partial charge on any atom is 0.317 e. The van der Waals surface area contributed by atoms with Crippen LogP contribution in [0.25, 0.3) is 0 Å². The fraction of sp³-hybridized carbons (Fsp3) is 0.765. The van der Waals surface area contributed by atoms with Crippen LogP contribution in [0.2, 0.25) is 0 Å².